The molecule has 2 atom stereocenters. The molecule has 1 heterocycles. The van der Waals surface area contributed by atoms with Gasteiger partial charge in [0.15, 0.2) is 0 Å². The van der Waals surface area contributed by atoms with Gasteiger partial charge in [-0.2, -0.15) is 0 Å². The van der Waals surface area contributed by atoms with Crippen LogP contribution in [0.5, 0.6) is 0 Å². The number of hydrogen-bond acceptors (Lipinski definition) is 5. The molecule has 0 aromatic carbocycles. The normalized spacial score (nSPS) is 21.6. The molecule has 0 saturated carbocycles. The van der Waals surface area contributed by atoms with E-state index in [1.165, 1.54) is 12.0 Å². The zero-order valence-electron chi connectivity index (χ0n) is 11.4. The average Bonchev–Trinajstić information content (AvgIpc) is 2.73. The van der Waals surface area contributed by atoms with Gasteiger partial charge < -0.3 is 20.1 Å². The Hall–Kier alpha value is -1.30. The van der Waals surface area contributed by atoms with Gasteiger partial charge in [-0.1, -0.05) is 0 Å². The number of nitrogens with zero attached hydrogens (tertiary/aromatic N) is 1. The number of amides is 1. The largest absolute Gasteiger partial charge is 0.468 e. The number of carbonyl (C=O) groups excluding carboxylic acids is 2. The SMILES string of the molecule is COC(=O)C(N)C1CCCN1C(=O)OC(C)(C)C. The van der Waals surface area contributed by atoms with Gasteiger partial charge in [-0.15, -0.1) is 0 Å². The van der Waals surface area contributed by atoms with Crippen molar-refractivity contribution in [3.8, 4) is 0 Å². The van der Waals surface area contributed by atoms with Gasteiger partial charge in [-0.3, -0.25) is 4.79 Å². The number of nitrogens with two attached hydrogens (primary N) is 1. The minimum atomic E-state index is -0.815. The zero-order valence-corrected chi connectivity index (χ0v) is 11.4. The van der Waals surface area contributed by atoms with Crippen LogP contribution in [0.3, 0.4) is 0 Å². The summed E-state index contributed by atoms with van der Waals surface area (Å²) >= 11 is 0. The summed E-state index contributed by atoms with van der Waals surface area (Å²) in [7, 11) is 1.29. The Morgan fingerprint density at radius 2 is 2.00 bits per heavy atom. The van der Waals surface area contributed by atoms with E-state index in [1.54, 1.807) is 20.8 Å². The summed E-state index contributed by atoms with van der Waals surface area (Å²) in [5, 5.41) is 0. The molecule has 18 heavy (non-hydrogen) atoms. The van der Waals surface area contributed by atoms with E-state index in [-0.39, 0.29) is 6.04 Å². The molecule has 6 heteroatoms. The Morgan fingerprint density at radius 1 is 1.39 bits per heavy atom. The highest BCUT2D eigenvalue weighted by molar-refractivity contribution is 5.78. The second kappa shape index (κ2) is 5.56. The van der Waals surface area contributed by atoms with E-state index in [0.717, 1.165) is 6.42 Å². The Balaban J connectivity index is 2.70. The van der Waals surface area contributed by atoms with Crippen molar-refractivity contribution in [3.05, 3.63) is 0 Å². The molecule has 0 bridgehead atoms. The van der Waals surface area contributed by atoms with E-state index < -0.39 is 23.7 Å². The highest BCUT2D eigenvalue weighted by Gasteiger charge is 2.38. The van der Waals surface area contributed by atoms with Crippen LogP contribution in [0.4, 0.5) is 4.79 Å². The highest BCUT2D eigenvalue weighted by Crippen LogP contribution is 2.22. The molecule has 0 spiro atoms. The molecule has 1 aliphatic rings. The van der Waals surface area contributed by atoms with Gasteiger partial charge in [0.05, 0.1) is 13.2 Å². The van der Waals surface area contributed by atoms with Crippen LogP contribution in [0, 0.1) is 0 Å². The van der Waals surface area contributed by atoms with Crippen LogP contribution < -0.4 is 5.73 Å². The van der Waals surface area contributed by atoms with E-state index in [0.29, 0.717) is 13.0 Å². The summed E-state index contributed by atoms with van der Waals surface area (Å²) in [6, 6.07) is -1.16. The molecule has 0 radical (unpaired) electrons. The first kappa shape index (κ1) is 14.8. The van der Waals surface area contributed by atoms with Crippen molar-refractivity contribution in [3.63, 3.8) is 0 Å². The number of methoxy groups -OCH3 is 1. The summed E-state index contributed by atoms with van der Waals surface area (Å²) in [5.41, 5.74) is 5.25. The number of rotatable bonds is 2. The molecular weight excluding hydrogens is 236 g/mol. The van der Waals surface area contributed by atoms with E-state index in [9.17, 15) is 9.59 Å². The first-order valence-electron chi connectivity index (χ1n) is 6.09. The smallest absolute Gasteiger partial charge is 0.410 e. The van der Waals surface area contributed by atoms with Crippen LogP contribution in [0.2, 0.25) is 0 Å². The van der Waals surface area contributed by atoms with Gasteiger partial charge in [0, 0.05) is 6.54 Å². The fourth-order valence-electron chi connectivity index (χ4n) is 2.01. The molecule has 1 amide bonds. The fourth-order valence-corrected chi connectivity index (χ4v) is 2.01. The van der Waals surface area contributed by atoms with Crippen LogP contribution in [0.15, 0.2) is 0 Å². The third kappa shape index (κ3) is 3.60. The van der Waals surface area contributed by atoms with Gasteiger partial charge >= 0.3 is 12.1 Å². The van der Waals surface area contributed by atoms with Gasteiger partial charge in [-0.05, 0) is 33.6 Å². The lowest BCUT2D eigenvalue weighted by Gasteiger charge is -2.30. The van der Waals surface area contributed by atoms with E-state index in [2.05, 4.69) is 4.74 Å². The molecule has 1 aliphatic heterocycles. The molecule has 2 N–H and O–H groups in total. The molecule has 0 aromatic heterocycles. The van der Waals surface area contributed by atoms with Crippen LogP contribution in [0.1, 0.15) is 33.6 Å². The number of carbonyl (C=O) groups is 2. The third-order valence-corrected chi connectivity index (χ3v) is 2.82. The van der Waals surface area contributed by atoms with Gasteiger partial charge in [0.1, 0.15) is 11.6 Å². The van der Waals surface area contributed by atoms with Crippen LogP contribution >= 0.6 is 0 Å². The quantitative estimate of drug-likeness (QED) is 0.744. The monoisotopic (exact) mass is 258 g/mol. The third-order valence-electron chi connectivity index (χ3n) is 2.82. The Morgan fingerprint density at radius 3 is 2.50 bits per heavy atom. The van der Waals surface area contributed by atoms with Crippen molar-refractivity contribution in [1.82, 2.24) is 4.90 Å². The van der Waals surface area contributed by atoms with Gasteiger partial charge in [0.25, 0.3) is 0 Å². The first-order valence-corrected chi connectivity index (χ1v) is 6.09. The molecule has 2 unspecified atom stereocenters. The molecule has 0 aliphatic carbocycles. The summed E-state index contributed by atoms with van der Waals surface area (Å²) in [6.07, 6.45) is 1.08. The van der Waals surface area contributed by atoms with Crippen LogP contribution in [-0.4, -0.2) is 48.3 Å². The van der Waals surface area contributed by atoms with Crippen molar-refractivity contribution < 1.29 is 19.1 Å². The first-order chi connectivity index (χ1) is 8.26. The van der Waals surface area contributed by atoms with Crippen molar-refractivity contribution >= 4 is 12.1 Å². The maximum Gasteiger partial charge on any atom is 0.410 e. The average molecular weight is 258 g/mol. The minimum absolute atomic E-state index is 0.340. The summed E-state index contributed by atoms with van der Waals surface area (Å²) < 4.78 is 9.91. The van der Waals surface area contributed by atoms with Gasteiger partial charge in [-0.25, -0.2) is 4.79 Å². The molecule has 1 rings (SSSR count). The summed E-state index contributed by atoms with van der Waals surface area (Å²) in [4.78, 5) is 24.9. The maximum absolute atomic E-state index is 12.0. The highest BCUT2D eigenvalue weighted by atomic mass is 16.6. The molecule has 6 nitrogen and oxygen atoms in total. The lowest BCUT2D eigenvalue weighted by atomic mass is 10.1. The second-order valence-corrected chi connectivity index (χ2v) is 5.43. The summed E-state index contributed by atoms with van der Waals surface area (Å²) in [6.45, 7) is 5.97. The van der Waals surface area contributed by atoms with Crippen molar-refractivity contribution in [1.29, 1.82) is 0 Å². The van der Waals surface area contributed by atoms with Crippen LogP contribution in [0.25, 0.3) is 0 Å². The number of hydrogen-bond donors (Lipinski definition) is 1. The zero-order chi connectivity index (χ0) is 13.9. The van der Waals surface area contributed by atoms with Crippen molar-refractivity contribution in [2.45, 2.75) is 51.3 Å². The fraction of sp³-hybridized carbons (Fsp3) is 0.833. The van der Waals surface area contributed by atoms with Crippen LogP contribution in [-0.2, 0) is 14.3 Å². The maximum atomic E-state index is 12.0. The Bertz CT molecular complexity index is 325. The molecule has 1 saturated heterocycles. The number of likely N-dealkylation sites (tertiary alicyclic amines) is 1. The summed E-state index contributed by atoms with van der Waals surface area (Å²) in [5.74, 6) is -0.504. The lowest BCUT2D eigenvalue weighted by molar-refractivity contribution is -0.143. The lowest BCUT2D eigenvalue weighted by Crippen LogP contribution is -2.52. The standard InChI is InChI=1S/C12H22N2O4/c1-12(2,3)18-11(16)14-7-5-6-8(14)9(13)10(15)17-4/h8-9H,5-7,13H2,1-4H3. The number of esters is 1. The molecule has 104 valence electrons. The van der Waals surface area contributed by atoms with E-state index >= 15 is 0 Å². The number of ether oxygens (including phenoxy) is 2. The molecule has 0 aromatic rings. The minimum Gasteiger partial charge on any atom is -0.468 e. The topological polar surface area (TPSA) is 81.9 Å². The Labute approximate surface area is 107 Å². The Kier molecular flexibility index (Phi) is 4.56. The predicted molar refractivity (Wildman–Crippen MR) is 66.0 cm³/mol. The van der Waals surface area contributed by atoms with E-state index in [4.69, 9.17) is 10.5 Å². The van der Waals surface area contributed by atoms with Crippen molar-refractivity contribution in [2.24, 2.45) is 5.73 Å². The second-order valence-electron chi connectivity index (χ2n) is 5.43. The van der Waals surface area contributed by atoms with Gasteiger partial charge in [0.2, 0.25) is 0 Å². The molecular formula is C12H22N2O4. The van der Waals surface area contributed by atoms with E-state index in [1.807, 2.05) is 0 Å². The molecule has 1 fully saturated rings. The predicted octanol–water partition coefficient (Wildman–Crippen LogP) is 0.886. The van der Waals surface area contributed by atoms with Crippen molar-refractivity contribution in [2.75, 3.05) is 13.7 Å².